The summed E-state index contributed by atoms with van der Waals surface area (Å²) in [5.74, 6) is 0.120. The van der Waals surface area contributed by atoms with Gasteiger partial charge in [0.25, 0.3) is 0 Å². The van der Waals surface area contributed by atoms with Gasteiger partial charge < -0.3 is 25.1 Å². The summed E-state index contributed by atoms with van der Waals surface area (Å²) in [4.78, 5) is 24.4. The number of rotatable bonds is 5. The van der Waals surface area contributed by atoms with Gasteiger partial charge in [-0.15, -0.1) is 0 Å². The Morgan fingerprint density at radius 1 is 0.933 bits per heavy atom. The molecule has 0 saturated heterocycles. The third kappa shape index (κ3) is 4.05. The molecule has 0 fully saturated rings. The van der Waals surface area contributed by atoms with Crippen LogP contribution < -0.4 is 20.7 Å². The molecule has 1 heterocycles. The van der Waals surface area contributed by atoms with Gasteiger partial charge in [0.1, 0.15) is 16.9 Å². The number of carbonyl (C=O) groups excluding carboxylic acids is 2. The molecular weight excluding hydrogens is 382 g/mol. The summed E-state index contributed by atoms with van der Waals surface area (Å²) in [6.07, 6.45) is 0. The van der Waals surface area contributed by atoms with Crippen LogP contribution in [0.5, 0.6) is 5.75 Å². The highest BCUT2D eigenvalue weighted by molar-refractivity contribution is 6.08. The SMILES string of the molecule is COc1cc2c(cc1NC(=O)CNC(=O)Nc1cccc(C)c1)oc1ccccc12. The summed E-state index contributed by atoms with van der Waals surface area (Å²) in [7, 11) is 1.53. The Balaban J connectivity index is 1.44. The van der Waals surface area contributed by atoms with Crippen LogP contribution in [0.15, 0.2) is 65.1 Å². The van der Waals surface area contributed by atoms with E-state index in [2.05, 4.69) is 16.0 Å². The van der Waals surface area contributed by atoms with Crippen molar-refractivity contribution in [2.45, 2.75) is 6.92 Å². The monoisotopic (exact) mass is 403 g/mol. The highest BCUT2D eigenvalue weighted by atomic mass is 16.5. The number of para-hydroxylation sites is 1. The van der Waals surface area contributed by atoms with Gasteiger partial charge in [-0.05, 0) is 36.8 Å². The Hall–Kier alpha value is -4.00. The van der Waals surface area contributed by atoms with Crippen LogP contribution in [-0.2, 0) is 4.79 Å². The van der Waals surface area contributed by atoms with E-state index in [9.17, 15) is 9.59 Å². The van der Waals surface area contributed by atoms with Crippen LogP contribution in [0.1, 0.15) is 5.56 Å². The predicted octanol–water partition coefficient (Wildman–Crippen LogP) is 4.66. The highest BCUT2D eigenvalue weighted by Crippen LogP contribution is 2.36. The van der Waals surface area contributed by atoms with Crippen molar-refractivity contribution in [3.05, 3.63) is 66.2 Å². The summed E-state index contributed by atoms with van der Waals surface area (Å²) in [6, 6.07) is 18.2. The van der Waals surface area contributed by atoms with E-state index in [1.807, 2.05) is 55.5 Å². The lowest BCUT2D eigenvalue weighted by molar-refractivity contribution is -0.115. The van der Waals surface area contributed by atoms with E-state index in [1.165, 1.54) is 7.11 Å². The fourth-order valence-corrected chi connectivity index (χ4v) is 3.27. The summed E-state index contributed by atoms with van der Waals surface area (Å²) in [6.45, 7) is 1.74. The third-order valence-electron chi connectivity index (χ3n) is 4.66. The molecule has 0 aliphatic carbocycles. The van der Waals surface area contributed by atoms with Crippen molar-refractivity contribution >= 4 is 45.3 Å². The van der Waals surface area contributed by atoms with Gasteiger partial charge in [0.2, 0.25) is 5.91 Å². The Labute approximate surface area is 173 Å². The molecule has 0 unspecified atom stereocenters. The summed E-state index contributed by atoms with van der Waals surface area (Å²) < 4.78 is 11.3. The second-order valence-electron chi connectivity index (χ2n) is 6.87. The van der Waals surface area contributed by atoms with Crippen LogP contribution in [0.4, 0.5) is 16.2 Å². The molecule has 7 nitrogen and oxygen atoms in total. The summed E-state index contributed by atoms with van der Waals surface area (Å²) >= 11 is 0. The van der Waals surface area contributed by atoms with Crippen LogP contribution >= 0.6 is 0 Å². The first kappa shape index (κ1) is 19.3. The smallest absolute Gasteiger partial charge is 0.319 e. The first-order valence-electron chi connectivity index (χ1n) is 9.44. The zero-order chi connectivity index (χ0) is 21.1. The molecule has 0 aliphatic heterocycles. The Kier molecular flexibility index (Phi) is 5.26. The van der Waals surface area contributed by atoms with Crippen molar-refractivity contribution in [1.82, 2.24) is 5.32 Å². The molecule has 0 bridgehead atoms. The largest absolute Gasteiger partial charge is 0.495 e. The van der Waals surface area contributed by atoms with Crippen molar-refractivity contribution in [2.24, 2.45) is 0 Å². The van der Waals surface area contributed by atoms with E-state index >= 15 is 0 Å². The highest BCUT2D eigenvalue weighted by Gasteiger charge is 2.14. The van der Waals surface area contributed by atoms with E-state index in [-0.39, 0.29) is 12.5 Å². The molecule has 3 amide bonds. The zero-order valence-electron chi connectivity index (χ0n) is 16.6. The Morgan fingerprint density at radius 2 is 1.77 bits per heavy atom. The number of carbonyl (C=O) groups is 2. The Bertz CT molecular complexity index is 1250. The fourth-order valence-electron chi connectivity index (χ4n) is 3.27. The van der Waals surface area contributed by atoms with Crippen LogP contribution in [0.2, 0.25) is 0 Å². The molecule has 3 N–H and O–H groups in total. The maximum atomic E-state index is 12.4. The lowest BCUT2D eigenvalue weighted by Gasteiger charge is -2.11. The van der Waals surface area contributed by atoms with Crippen LogP contribution in [0.25, 0.3) is 21.9 Å². The molecule has 0 atom stereocenters. The normalized spacial score (nSPS) is 10.7. The van der Waals surface area contributed by atoms with Crippen LogP contribution in [0.3, 0.4) is 0 Å². The number of methoxy groups -OCH3 is 1. The first-order valence-corrected chi connectivity index (χ1v) is 9.44. The lowest BCUT2D eigenvalue weighted by Crippen LogP contribution is -2.35. The quantitative estimate of drug-likeness (QED) is 0.452. The van der Waals surface area contributed by atoms with Gasteiger partial charge in [0.05, 0.1) is 19.3 Å². The van der Waals surface area contributed by atoms with Gasteiger partial charge in [-0.25, -0.2) is 4.79 Å². The molecule has 0 spiro atoms. The molecular formula is C23H21N3O4. The number of benzene rings is 3. The minimum absolute atomic E-state index is 0.195. The van der Waals surface area contributed by atoms with Gasteiger partial charge >= 0.3 is 6.03 Å². The lowest BCUT2D eigenvalue weighted by atomic mass is 10.1. The van der Waals surface area contributed by atoms with Crippen molar-refractivity contribution in [2.75, 3.05) is 24.3 Å². The molecule has 1 aromatic heterocycles. The van der Waals surface area contributed by atoms with E-state index in [0.29, 0.717) is 22.7 Å². The van der Waals surface area contributed by atoms with Crippen molar-refractivity contribution in [3.63, 3.8) is 0 Å². The molecule has 0 saturated carbocycles. The summed E-state index contributed by atoms with van der Waals surface area (Å²) in [5, 5.41) is 9.86. The van der Waals surface area contributed by atoms with Crippen molar-refractivity contribution < 1.29 is 18.7 Å². The number of hydrogen-bond acceptors (Lipinski definition) is 4. The third-order valence-corrected chi connectivity index (χ3v) is 4.66. The molecule has 7 heteroatoms. The molecule has 3 aromatic carbocycles. The molecule has 4 aromatic rings. The molecule has 0 aliphatic rings. The number of amides is 3. The number of nitrogens with one attached hydrogen (secondary N) is 3. The number of hydrogen-bond donors (Lipinski definition) is 3. The molecule has 152 valence electrons. The van der Waals surface area contributed by atoms with Gasteiger partial charge in [-0.3, -0.25) is 4.79 Å². The van der Waals surface area contributed by atoms with Crippen molar-refractivity contribution in [3.8, 4) is 5.75 Å². The predicted molar refractivity (Wildman–Crippen MR) is 117 cm³/mol. The second kappa shape index (κ2) is 8.16. The molecule has 0 radical (unpaired) electrons. The van der Waals surface area contributed by atoms with Gasteiger partial charge in [0, 0.05) is 22.5 Å². The van der Waals surface area contributed by atoms with E-state index in [0.717, 1.165) is 21.9 Å². The standard InChI is InChI=1S/C23H21N3O4/c1-14-6-5-7-15(10-14)25-23(28)24-13-22(27)26-18-12-20-17(11-21(18)29-2)16-8-3-4-9-19(16)30-20/h3-12H,13H2,1-2H3,(H,26,27)(H2,24,25,28). The van der Waals surface area contributed by atoms with E-state index < -0.39 is 6.03 Å². The average Bonchev–Trinajstić information content (AvgIpc) is 3.09. The number of urea groups is 1. The number of anilines is 2. The topological polar surface area (TPSA) is 92.6 Å². The number of aryl methyl sites for hydroxylation is 1. The van der Waals surface area contributed by atoms with E-state index in [4.69, 9.17) is 9.15 Å². The fraction of sp³-hybridized carbons (Fsp3) is 0.130. The van der Waals surface area contributed by atoms with Crippen molar-refractivity contribution in [1.29, 1.82) is 0 Å². The number of furan rings is 1. The number of ether oxygens (including phenoxy) is 1. The molecule has 4 rings (SSSR count). The maximum Gasteiger partial charge on any atom is 0.319 e. The van der Waals surface area contributed by atoms with E-state index in [1.54, 1.807) is 12.1 Å². The van der Waals surface area contributed by atoms with Crippen LogP contribution in [-0.4, -0.2) is 25.6 Å². The second-order valence-corrected chi connectivity index (χ2v) is 6.87. The maximum absolute atomic E-state index is 12.4. The minimum atomic E-state index is -0.463. The zero-order valence-corrected chi connectivity index (χ0v) is 16.6. The van der Waals surface area contributed by atoms with Gasteiger partial charge in [-0.2, -0.15) is 0 Å². The minimum Gasteiger partial charge on any atom is -0.495 e. The first-order chi connectivity index (χ1) is 14.5. The summed E-state index contributed by atoms with van der Waals surface area (Å²) in [5.41, 5.74) is 3.54. The average molecular weight is 403 g/mol. The van der Waals surface area contributed by atoms with Crippen LogP contribution in [0, 0.1) is 6.92 Å². The Morgan fingerprint density at radius 3 is 2.57 bits per heavy atom. The molecule has 30 heavy (non-hydrogen) atoms. The van der Waals surface area contributed by atoms with Gasteiger partial charge in [-0.1, -0.05) is 30.3 Å². The van der Waals surface area contributed by atoms with Gasteiger partial charge in [0.15, 0.2) is 0 Å². The number of fused-ring (bicyclic) bond motifs is 3.